The lowest BCUT2D eigenvalue weighted by Crippen LogP contribution is -2.15. The number of ketones is 1. The Morgan fingerprint density at radius 2 is 2.45 bits per heavy atom. The molecule has 0 spiro atoms. The van der Waals surface area contributed by atoms with Crippen molar-refractivity contribution in [2.24, 2.45) is 7.05 Å². The summed E-state index contributed by atoms with van der Waals surface area (Å²) in [4.78, 5) is 11.1. The Bertz CT molecular complexity index is 269. The average molecular weight is 218 g/mol. The van der Waals surface area contributed by atoms with E-state index in [2.05, 4.69) is 26.1 Å². The standard InChI is InChI=1S/C6H8BrN3O/c1-4(7)5(11)6-9-8-3-10(6)2/h3-4H,1-2H3. The van der Waals surface area contributed by atoms with Gasteiger partial charge in [0.2, 0.25) is 11.6 Å². The van der Waals surface area contributed by atoms with E-state index in [-0.39, 0.29) is 10.6 Å². The van der Waals surface area contributed by atoms with E-state index in [1.165, 1.54) is 6.33 Å². The predicted octanol–water partition coefficient (Wildman–Crippen LogP) is 0.781. The third kappa shape index (κ3) is 1.65. The zero-order valence-corrected chi connectivity index (χ0v) is 7.87. The van der Waals surface area contributed by atoms with Crippen LogP contribution < -0.4 is 0 Å². The predicted molar refractivity (Wildman–Crippen MR) is 43.7 cm³/mol. The van der Waals surface area contributed by atoms with Crippen molar-refractivity contribution >= 4 is 21.7 Å². The minimum Gasteiger partial charge on any atom is -0.314 e. The lowest BCUT2D eigenvalue weighted by molar-refractivity contribution is 0.0982. The summed E-state index contributed by atoms with van der Waals surface area (Å²) in [5, 5.41) is 7.27. The molecule has 11 heavy (non-hydrogen) atoms. The Morgan fingerprint density at radius 3 is 2.82 bits per heavy atom. The molecule has 0 fully saturated rings. The molecule has 1 aromatic rings. The van der Waals surface area contributed by atoms with Crippen LogP contribution in [-0.2, 0) is 7.05 Å². The van der Waals surface area contributed by atoms with E-state index >= 15 is 0 Å². The van der Waals surface area contributed by atoms with Gasteiger partial charge in [0.1, 0.15) is 6.33 Å². The van der Waals surface area contributed by atoms with Gasteiger partial charge < -0.3 is 4.57 Å². The minimum atomic E-state index is -0.203. The Hall–Kier alpha value is -0.710. The molecule has 1 atom stereocenters. The van der Waals surface area contributed by atoms with Crippen molar-refractivity contribution in [1.82, 2.24) is 14.8 Å². The molecule has 0 saturated carbocycles. The highest BCUT2D eigenvalue weighted by atomic mass is 79.9. The summed E-state index contributed by atoms with van der Waals surface area (Å²) in [5.74, 6) is 0.333. The molecule has 0 bridgehead atoms. The van der Waals surface area contributed by atoms with Gasteiger partial charge in [-0.3, -0.25) is 4.79 Å². The number of halogens is 1. The van der Waals surface area contributed by atoms with E-state index in [9.17, 15) is 4.79 Å². The molecule has 5 heteroatoms. The maximum absolute atomic E-state index is 11.3. The number of alkyl halides is 1. The van der Waals surface area contributed by atoms with Crippen molar-refractivity contribution in [3.8, 4) is 0 Å². The van der Waals surface area contributed by atoms with Crippen LogP contribution in [-0.4, -0.2) is 25.4 Å². The molecule has 1 aromatic heterocycles. The average Bonchev–Trinajstić information content (AvgIpc) is 2.33. The van der Waals surface area contributed by atoms with Gasteiger partial charge in [-0.25, -0.2) is 0 Å². The van der Waals surface area contributed by atoms with Gasteiger partial charge >= 0.3 is 0 Å². The summed E-state index contributed by atoms with van der Waals surface area (Å²) in [6.07, 6.45) is 1.50. The molecule has 0 saturated heterocycles. The maximum Gasteiger partial charge on any atom is 0.213 e. The van der Waals surface area contributed by atoms with Gasteiger partial charge in [0.25, 0.3) is 0 Å². The molecule has 0 aliphatic rings. The minimum absolute atomic E-state index is 0.0509. The summed E-state index contributed by atoms with van der Waals surface area (Å²) in [6.45, 7) is 1.76. The highest BCUT2D eigenvalue weighted by Crippen LogP contribution is 2.05. The molecular weight excluding hydrogens is 210 g/mol. The van der Waals surface area contributed by atoms with E-state index in [1.807, 2.05) is 0 Å². The van der Waals surface area contributed by atoms with Crippen molar-refractivity contribution in [3.05, 3.63) is 12.2 Å². The summed E-state index contributed by atoms with van der Waals surface area (Å²) < 4.78 is 1.60. The van der Waals surface area contributed by atoms with Crippen LogP contribution in [0.3, 0.4) is 0 Å². The number of aromatic nitrogens is 3. The molecule has 60 valence electrons. The third-order valence-electron chi connectivity index (χ3n) is 1.29. The molecule has 4 nitrogen and oxygen atoms in total. The van der Waals surface area contributed by atoms with E-state index in [4.69, 9.17) is 0 Å². The molecule has 0 amide bonds. The van der Waals surface area contributed by atoms with Gasteiger partial charge in [-0.15, -0.1) is 10.2 Å². The van der Waals surface area contributed by atoms with Gasteiger partial charge in [0.15, 0.2) is 0 Å². The van der Waals surface area contributed by atoms with Crippen LogP contribution in [0.5, 0.6) is 0 Å². The summed E-state index contributed by atoms with van der Waals surface area (Å²) in [5.41, 5.74) is 0. The van der Waals surface area contributed by atoms with Gasteiger partial charge in [-0.1, -0.05) is 15.9 Å². The van der Waals surface area contributed by atoms with Gasteiger partial charge in [0, 0.05) is 7.05 Å². The monoisotopic (exact) mass is 217 g/mol. The first-order chi connectivity index (χ1) is 5.13. The lowest BCUT2D eigenvalue weighted by Gasteiger charge is -1.99. The Morgan fingerprint density at radius 1 is 1.82 bits per heavy atom. The van der Waals surface area contributed by atoms with Gasteiger partial charge in [-0.2, -0.15) is 0 Å². The van der Waals surface area contributed by atoms with Gasteiger partial charge in [-0.05, 0) is 6.92 Å². The lowest BCUT2D eigenvalue weighted by atomic mass is 10.3. The molecule has 1 unspecified atom stereocenters. The largest absolute Gasteiger partial charge is 0.314 e. The highest BCUT2D eigenvalue weighted by molar-refractivity contribution is 9.10. The van der Waals surface area contributed by atoms with Crippen molar-refractivity contribution in [1.29, 1.82) is 0 Å². The summed E-state index contributed by atoms with van der Waals surface area (Å²) >= 11 is 3.16. The number of hydrogen-bond donors (Lipinski definition) is 0. The van der Waals surface area contributed by atoms with Crippen molar-refractivity contribution in [2.45, 2.75) is 11.8 Å². The van der Waals surface area contributed by atoms with E-state index in [0.29, 0.717) is 5.82 Å². The number of aryl methyl sites for hydroxylation is 1. The molecule has 1 rings (SSSR count). The molecule has 0 aliphatic carbocycles. The number of carbonyl (C=O) groups excluding carboxylic acids is 1. The molecule has 0 radical (unpaired) electrons. The molecule has 0 aromatic carbocycles. The van der Waals surface area contributed by atoms with E-state index in [0.717, 1.165) is 0 Å². The Kier molecular flexibility index (Phi) is 2.38. The quantitative estimate of drug-likeness (QED) is 0.544. The fraction of sp³-hybridized carbons (Fsp3) is 0.500. The topological polar surface area (TPSA) is 47.8 Å². The molecule has 0 aliphatic heterocycles. The van der Waals surface area contributed by atoms with Crippen LogP contribution in [0.2, 0.25) is 0 Å². The number of carbonyl (C=O) groups is 1. The number of Topliss-reactive ketones (excluding diaryl/α,β-unsaturated/α-hetero) is 1. The van der Waals surface area contributed by atoms with Crippen molar-refractivity contribution in [2.75, 3.05) is 0 Å². The second kappa shape index (κ2) is 3.13. The number of rotatable bonds is 2. The summed E-state index contributed by atoms with van der Waals surface area (Å²) in [6, 6.07) is 0. The molecular formula is C6H8BrN3O. The smallest absolute Gasteiger partial charge is 0.213 e. The highest BCUT2D eigenvalue weighted by Gasteiger charge is 2.16. The maximum atomic E-state index is 11.3. The van der Waals surface area contributed by atoms with E-state index < -0.39 is 0 Å². The van der Waals surface area contributed by atoms with Crippen LogP contribution >= 0.6 is 15.9 Å². The van der Waals surface area contributed by atoms with Crippen LogP contribution in [0.15, 0.2) is 6.33 Å². The zero-order chi connectivity index (χ0) is 8.43. The zero-order valence-electron chi connectivity index (χ0n) is 6.28. The second-order valence-electron chi connectivity index (χ2n) is 2.25. The van der Waals surface area contributed by atoms with Gasteiger partial charge in [0.05, 0.1) is 4.83 Å². The van der Waals surface area contributed by atoms with Crippen LogP contribution in [0, 0.1) is 0 Å². The molecule has 1 heterocycles. The van der Waals surface area contributed by atoms with Crippen LogP contribution in [0.25, 0.3) is 0 Å². The fourth-order valence-corrected chi connectivity index (χ4v) is 0.889. The van der Waals surface area contributed by atoms with E-state index in [1.54, 1.807) is 18.5 Å². The number of nitrogens with zero attached hydrogens (tertiary/aromatic N) is 3. The van der Waals surface area contributed by atoms with Crippen molar-refractivity contribution < 1.29 is 4.79 Å². The van der Waals surface area contributed by atoms with Crippen molar-refractivity contribution in [3.63, 3.8) is 0 Å². The number of hydrogen-bond acceptors (Lipinski definition) is 3. The van der Waals surface area contributed by atoms with Crippen LogP contribution in [0.1, 0.15) is 17.5 Å². The van der Waals surface area contributed by atoms with Crippen LogP contribution in [0.4, 0.5) is 0 Å². The first-order valence-corrected chi connectivity index (χ1v) is 4.06. The first kappa shape index (κ1) is 8.39. The normalized spacial score (nSPS) is 13.0. The fourth-order valence-electron chi connectivity index (χ4n) is 0.684. The molecule has 0 N–H and O–H groups in total. The summed E-state index contributed by atoms with van der Waals surface area (Å²) in [7, 11) is 1.74. The SMILES string of the molecule is CC(Br)C(=O)c1nncn1C. The second-order valence-corrected chi connectivity index (χ2v) is 3.62. The Balaban J connectivity index is 2.93. The Labute approximate surface area is 72.7 Å². The first-order valence-electron chi connectivity index (χ1n) is 3.15. The third-order valence-corrected chi connectivity index (χ3v) is 1.71.